The van der Waals surface area contributed by atoms with Crippen molar-refractivity contribution in [2.45, 2.75) is 26.3 Å². The van der Waals surface area contributed by atoms with Crippen LogP contribution < -0.4 is 5.32 Å². The molecular weight excluding hydrogens is 212 g/mol. The predicted molar refractivity (Wildman–Crippen MR) is 67.7 cm³/mol. The van der Waals surface area contributed by atoms with Crippen LogP contribution in [0.15, 0.2) is 30.5 Å². The molecule has 4 nitrogen and oxygen atoms in total. The number of nitrogens with one attached hydrogen (secondary N) is 2. The van der Waals surface area contributed by atoms with Crippen LogP contribution in [0.5, 0.6) is 0 Å². The maximum absolute atomic E-state index is 4.17. The van der Waals surface area contributed by atoms with Crippen LogP contribution in [0, 0.1) is 0 Å². The summed E-state index contributed by atoms with van der Waals surface area (Å²) in [4.78, 5) is 0. The van der Waals surface area contributed by atoms with E-state index < -0.39 is 0 Å². The van der Waals surface area contributed by atoms with Gasteiger partial charge in [0, 0.05) is 0 Å². The summed E-state index contributed by atoms with van der Waals surface area (Å²) in [7, 11) is 0. The molecule has 1 heterocycles. The molecule has 0 saturated heterocycles. The second kappa shape index (κ2) is 5.59. The first kappa shape index (κ1) is 11.8. The number of aryl methyl sites for hydroxylation is 1. The zero-order valence-electron chi connectivity index (χ0n) is 10.3. The quantitative estimate of drug-likeness (QED) is 0.826. The summed E-state index contributed by atoms with van der Waals surface area (Å²) in [5.74, 6) is 0. The van der Waals surface area contributed by atoms with Crippen molar-refractivity contribution < 1.29 is 0 Å². The summed E-state index contributed by atoms with van der Waals surface area (Å²) >= 11 is 0. The molecule has 0 aliphatic rings. The van der Waals surface area contributed by atoms with E-state index in [1.807, 2.05) is 0 Å². The number of aromatic nitrogens is 3. The van der Waals surface area contributed by atoms with E-state index in [1.165, 1.54) is 11.1 Å². The highest BCUT2D eigenvalue weighted by molar-refractivity contribution is 5.30. The Kier molecular flexibility index (Phi) is 3.88. The molecule has 0 aliphatic heterocycles. The van der Waals surface area contributed by atoms with E-state index in [0.717, 1.165) is 18.7 Å². The van der Waals surface area contributed by atoms with Gasteiger partial charge in [0.2, 0.25) is 0 Å². The first-order valence-electron chi connectivity index (χ1n) is 6.03. The van der Waals surface area contributed by atoms with Gasteiger partial charge in [-0.1, -0.05) is 38.1 Å². The molecule has 1 atom stereocenters. The molecule has 0 spiro atoms. The molecule has 90 valence electrons. The Morgan fingerprint density at radius 2 is 2.24 bits per heavy atom. The third-order valence-electron chi connectivity index (χ3n) is 2.83. The fourth-order valence-corrected chi connectivity index (χ4v) is 1.94. The van der Waals surface area contributed by atoms with Gasteiger partial charge in [0.05, 0.1) is 12.2 Å². The zero-order valence-corrected chi connectivity index (χ0v) is 10.3. The van der Waals surface area contributed by atoms with Gasteiger partial charge in [0.25, 0.3) is 0 Å². The molecule has 2 N–H and O–H groups in total. The summed E-state index contributed by atoms with van der Waals surface area (Å²) in [6.07, 6.45) is 2.82. The van der Waals surface area contributed by atoms with E-state index in [-0.39, 0.29) is 6.04 Å². The molecule has 17 heavy (non-hydrogen) atoms. The van der Waals surface area contributed by atoms with Crippen LogP contribution in [0.1, 0.15) is 36.7 Å². The van der Waals surface area contributed by atoms with E-state index in [2.05, 4.69) is 58.8 Å². The van der Waals surface area contributed by atoms with Crippen LogP contribution in [0.3, 0.4) is 0 Å². The van der Waals surface area contributed by atoms with Crippen molar-refractivity contribution >= 4 is 0 Å². The largest absolute Gasteiger partial charge is 0.305 e. The minimum Gasteiger partial charge on any atom is -0.305 e. The van der Waals surface area contributed by atoms with Gasteiger partial charge in [-0.2, -0.15) is 15.4 Å². The topological polar surface area (TPSA) is 53.6 Å². The van der Waals surface area contributed by atoms with Crippen molar-refractivity contribution in [3.05, 3.63) is 47.3 Å². The Bertz CT molecular complexity index is 450. The molecule has 1 unspecified atom stereocenters. The fourth-order valence-electron chi connectivity index (χ4n) is 1.94. The highest BCUT2D eigenvalue weighted by Crippen LogP contribution is 2.20. The smallest absolute Gasteiger partial charge is 0.104 e. The minimum atomic E-state index is 0.116. The SMILES string of the molecule is CCNC(c1cccc(CC)c1)c1cn[nH]n1. The van der Waals surface area contributed by atoms with E-state index in [1.54, 1.807) is 6.20 Å². The average Bonchev–Trinajstić information content (AvgIpc) is 2.89. The minimum absolute atomic E-state index is 0.116. The molecule has 0 fully saturated rings. The Balaban J connectivity index is 2.32. The van der Waals surface area contributed by atoms with Crippen LogP contribution in [0.25, 0.3) is 0 Å². The molecule has 0 radical (unpaired) electrons. The molecule has 1 aromatic carbocycles. The van der Waals surface area contributed by atoms with Crippen LogP contribution in [0.2, 0.25) is 0 Å². The number of rotatable bonds is 5. The maximum Gasteiger partial charge on any atom is 0.104 e. The highest BCUT2D eigenvalue weighted by Gasteiger charge is 2.15. The number of hydrogen-bond acceptors (Lipinski definition) is 3. The number of aromatic amines is 1. The number of hydrogen-bond donors (Lipinski definition) is 2. The standard InChI is InChI=1S/C13H18N4/c1-3-10-6-5-7-11(8-10)13(14-4-2)12-9-15-17-16-12/h5-9,13-14H,3-4H2,1-2H3,(H,15,16,17). The lowest BCUT2D eigenvalue weighted by molar-refractivity contribution is 0.613. The van der Waals surface area contributed by atoms with E-state index in [0.29, 0.717) is 0 Å². The van der Waals surface area contributed by atoms with Crippen molar-refractivity contribution in [2.24, 2.45) is 0 Å². The lowest BCUT2D eigenvalue weighted by Crippen LogP contribution is -2.22. The van der Waals surface area contributed by atoms with Crippen molar-refractivity contribution in [2.75, 3.05) is 6.54 Å². The molecule has 0 saturated carbocycles. The van der Waals surface area contributed by atoms with Crippen molar-refractivity contribution in [1.29, 1.82) is 0 Å². The number of benzene rings is 1. The Morgan fingerprint density at radius 3 is 2.88 bits per heavy atom. The summed E-state index contributed by atoms with van der Waals surface area (Å²) in [6, 6.07) is 8.71. The van der Waals surface area contributed by atoms with Gasteiger partial charge in [0.15, 0.2) is 0 Å². The molecule has 2 aromatic rings. The van der Waals surface area contributed by atoms with Crippen LogP contribution >= 0.6 is 0 Å². The Labute approximate surface area is 101 Å². The van der Waals surface area contributed by atoms with Crippen molar-refractivity contribution in [1.82, 2.24) is 20.7 Å². The van der Waals surface area contributed by atoms with Crippen LogP contribution in [-0.2, 0) is 6.42 Å². The molecule has 0 amide bonds. The first-order chi connectivity index (χ1) is 8.35. The zero-order chi connectivity index (χ0) is 12.1. The van der Waals surface area contributed by atoms with Gasteiger partial charge in [-0.15, -0.1) is 0 Å². The summed E-state index contributed by atoms with van der Waals surface area (Å²) < 4.78 is 0. The molecule has 2 rings (SSSR count). The molecule has 1 aromatic heterocycles. The molecule has 0 bridgehead atoms. The van der Waals surface area contributed by atoms with Crippen molar-refractivity contribution in [3.63, 3.8) is 0 Å². The van der Waals surface area contributed by atoms with E-state index >= 15 is 0 Å². The summed E-state index contributed by atoms with van der Waals surface area (Å²) in [6.45, 7) is 5.15. The van der Waals surface area contributed by atoms with Gasteiger partial charge in [-0.3, -0.25) is 0 Å². The average molecular weight is 230 g/mol. The lowest BCUT2D eigenvalue weighted by Gasteiger charge is -2.16. The maximum atomic E-state index is 4.17. The molecule has 4 heteroatoms. The van der Waals surface area contributed by atoms with Crippen LogP contribution in [-0.4, -0.2) is 22.0 Å². The predicted octanol–water partition coefficient (Wildman–Crippen LogP) is 2.07. The normalized spacial score (nSPS) is 12.6. The molecule has 0 aliphatic carbocycles. The van der Waals surface area contributed by atoms with Gasteiger partial charge >= 0.3 is 0 Å². The van der Waals surface area contributed by atoms with Crippen LogP contribution in [0.4, 0.5) is 0 Å². The first-order valence-corrected chi connectivity index (χ1v) is 6.03. The van der Waals surface area contributed by atoms with E-state index in [4.69, 9.17) is 0 Å². The van der Waals surface area contributed by atoms with Gasteiger partial charge in [-0.05, 0) is 24.1 Å². The van der Waals surface area contributed by atoms with Gasteiger partial charge in [0.1, 0.15) is 5.69 Å². The monoisotopic (exact) mass is 230 g/mol. The lowest BCUT2D eigenvalue weighted by atomic mass is 10.0. The molecular formula is C13H18N4. The third kappa shape index (κ3) is 2.71. The highest BCUT2D eigenvalue weighted by atomic mass is 15.3. The number of nitrogens with zero attached hydrogens (tertiary/aromatic N) is 2. The summed E-state index contributed by atoms with van der Waals surface area (Å²) in [5, 5.41) is 14.1. The van der Waals surface area contributed by atoms with E-state index in [9.17, 15) is 0 Å². The number of H-pyrrole nitrogens is 1. The van der Waals surface area contributed by atoms with Gasteiger partial charge in [-0.25, -0.2) is 0 Å². The Hall–Kier alpha value is -1.68. The summed E-state index contributed by atoms with van der Waals surface area (Å²) in [5.41, 5.74) is 3.51. The fraction of sp³-hybridized carbons (Fsp3) is 0.385. The second-order valence-corrected chi connectivity index (χ2v) is 3.98. The third-order valence-corrected chi connectivity index (χ3v) is 2.83. The van der Waals surface area contributed by atoms with Gasteiger partial charge < -0.3 is 5.32 Å². The van der Waals surface area contributed by atoms with Crippen molar-refractivity contribution in [3.8, 4) is 0 Å². The second-order valence-electron chi connectivity index (χ2n) is 3.98. The Morgan fingerprint density at radius 1 is 1.35 bits per heavy atom.